The van der Waals surface area contributed by atoms with E-state index in [1.807, 2.05) is 18.2 Å². The fourth-order valence-electron chi connectivity index (χ4n) is 2.97. The van der Waals surface area contributed by atoms with Gasteiger partial charge in [0.25, 0.3) is 0 Å². The third-order valence-corrected chi connectivity index (χ3v) is 4.30. The molecule has 3 rings (SSSR count). The Bertz CT molecular complexity index is 660. The molecule has 0 radical (unpaired) electrons. The molecule has 1 aliphatic heterocycles. The maximum absolute atomic E-state index is 11.4. The predicted molar refractivity (Wildman–Crippen MR) is 86.2 cm³/mol. The van der Waals surface area contributed by atoms with E-state index in [-0.39, 0.29) is 0 Å². The van der Waals surface area contributed by atoms with E-state index in [2.05, 4.69) is 29.7 Å². The van der Waals surface area contributed by atoms with Crippen LogP contribution in [-0.4, -0.2) is 48.9 Å². The van der Waals surface area contributed by atoms with Gasteiger partial charge in [0.2, 0.25) is 0 Å². The van der Waals surface area contributed by atoms with Crippen molar-refractivity contribution in [3.05, 3.63) is 35.4 Å². The highest BCUT2D eigenvalue weighted by atomic mass is 16.1. The number of anilines is 1. The molecule has 21 heavy (non-hydrogen) atoms. The van der Waals surface area contributed by atoms with Gasteiger partial charge in [0, 0.05) is 31.6 Å². The van der Waals surface area contributed by atoms with E-state index in [0.29, 0.717) is 5.56 Å². The Balaban J connectivity index is 2.01. The van der Waals surface area contributed by atoms with Crippen LogP contribution in [-0.2, 0) is 0 Å². The lowest BCUT2D eigenvalue weighted by Crippen LogP contribution is -2.46. The number of para-hydroxylation sites is 1. The molecule has 0 bridgehead atoms. The minimum Gasteiger partial charge on any atom is -0.353 e. The standard InChI is InChI=1S/C17H21N3O/c1-3-19-7-9-20(10-8-19)17-15(12-21)11-14-6-4-5-13(2)16(14)18-17/h4-6,11-12H,3,7-10H2,1-2H3. The Labute approximate surface area is 125 Å². The molecule has 4 nitrogen and oxygen atoms in total. The minimum atomic E-state index is 0.693. The van der Waals surface area contributed by atoms with Gasteiger partial charge in [-0.05, 0) is 25.1 Å². The molecule has 0 spiro atoms. The molecule has 110 valence electrons. The van der Waals surface area contributed by atoms with Crippen LogP contribution >= 0.6 is 0 Å². The van der Waals surface area contributed by atoms with Crippen LogP contribution in [0.5, 0.6) is 0 Å². The van der Waals surface area contributed by atoms with Crippen LogP contribution in [0.25, 0.3) is 10.9 Å². The van der Waals surface area contributed by atoms with Crippen LogP contribution in [0.4, 0.5) is 5.82 Å². The molecule has 1 aliphatic rings. The smallest absolute Gasteiger partial charge is 0.153 e. The zero-order chi connectivity index (χ0) is 14.8. The second-order valence-electron chi connectivity index (χ2n) is 5.59. The quantitative estimate of drug-likeness (QED) is 0.811. The normalized spacial score (nSPS) is 16.4. The molecule has 0 aliphatic carbocycles. The van der Waals surface area contributed by atoms with Gasteiger partial charge < -0.3 is 9.80 Å². The molecule has 0 N–H and O–H groups in total. The fourth-order valence-corrected chi connectivity index (χ4v) is 2.97. The average Bonchev–Trinajstić information content (AvgIpc) is 2.54. The zero-order valence-corrected chi connectivity index (χ0v) is 12.7. The Hall–Kier alpha value is -1.94. The van der Waals surface area contributed by atoms with Gasteiger partial charge in [-0.2, -0.15) is 0 Å². The number of aryl methyl sites for hydroxylation is 1. The highest BCUT2D eigenvalue weighted by Gasteiger charge is 2.20. The summed E-state index contributed by atoms with van der Waals surface area (Å²) in [5, 5.41) is 1.04. The summed E-state index contributed by atoms with van der Waals surface area (Å²) in [4.78, 5) is 20.9. The molecule has 1 fully saturated rings. The van der Waals surface area contributed by atoms with Gasteiger partial charge >= 0.3 is 0 Å². The molecule has 1 aromatic carbocycles. The predicted octanol–water partition coefficient (Wildman–Crippen LogP) is 2.50. The molecule has 0 saturated carbocycles. The second kappa shape index (κ2) is 5.82. The summed E-state index contributed by atoms with van der Waals surface area (Å²) in [5.41, 5.74) is 2.84. The number of aldehydes is 1. The minimum absolute atomic E-state index is 0.693. The number of aromatic nitrogens is 1. The van der Waals surface area contributed by atoms with Gasteiger partial charge in [-0.1, -0.05) is 25.1 Å². The average molecular weight is 283 g/mol. The first-order valence-corrected chi connectivity index (χ1v) is 7.55. The number of hydrogen-bond donors (Lipinski definition) is 0. The van der Waals surface area contributed by atoms with Gasteiger partial charge in [-0.3, -0.25) is 4.79 Å². The Morgan fingerprint density at radius 3 is 2.67 bits per heavy atom. The summed E-state index contributed by atoms with van der Waals surface area (Å²) in [5.74, 6) is 0.836. The van der Waals surface area contributed by atoms with E-state index in [4.69, 9.17) is 4.98 Å². The molecule has 2 heterocycles. The number of fused-ring (bicyclic) bond motifs is 1. The molecule has 1 aromatic heterocycles. The lowest BCUT2D eigenvalue weighted by molar-refractivity contribution is 0.112. The van der Waals surface area contributed by atoms with Crippen molar-refractivity contribution in [2.24, 2.45) is 0 Å². The molecular formula is C17H21N3O. The Morgan fingerprint density at radius 1 is 1.24 bits per heavy atom. The van der Waals surface area contributed by atoms with Crippen molar-refractivity contribution in [2.45, 2.75) is 13.8 Å². The molecule has 1 saturated heterocycles. The lowest BCUT2D eigenvalue weighted by Gasteiger charge is -2.35. The maximum atomic E-state index is 11.4. The van der Waals surface area contributed by atoms with Crippen molar-refractivity contribution in [3.8, 4) is 0 Å². The van der Waals surface area contributed by atoms with E-state index in [9.17, 15) is 4.79 Å². The first-order valence-electron chi connectivity index (χ1n) is 7.55. The summed E-state index contributed by atoms with van der Waals surface area (Å²) in [7, 11) is 0. The van der Waals surface area contributed by atoms with Crippen LogP contribution in [0.3, 0.4) is 0 Å². The van der Waals surface area contributed by atoms with E-state index in [1.165, 1.54) is 0 Å². The topological polar surface area (TPSA) is 36.4 Å². The van der Waals surface area contributed by atoms with Gasteiger partial charge in [0.1, 0.15) is 5.82 Å². The summed E-state index contributed by atoms with van der Waals surface area (Å²) in [6.45, 7) is 9.25. The van der Waals surface area contributed by atoms with Crippen molar-refractivity contribution >= 4 is 23.0 Å². The van der Waals surface area contributed by atoms with Crippen LogP contribution in [0.1, 0.15) is 22.8 Å². The Morgan fingerprint density at radius 2 is 2.00 bits per heavy atom. The largest absolute Gasteiger partial charge is 0.353 e. The van der Waals surface area contributed by atoms with Crippen LogP contribution < -0.4 is 4.90 Å². The maximum Gasteiger partial charge on any atom is 0.153 e. The van der Waals surface area contributed by atoms with Gasteiger partial charge in [-0.25, -0.2) is 4.98 Å². The van der Waals surface area contributed by atoms with Gasteiger partial charge in [0.05, 0.1) is 11.1 Å². The third-order valence-electron chi connectivity index (χ3n) is 4.30. The third kappa shape index (κ3) is 2.63. The first-order chi connectivity index (χ1) is 10.2. The van der Waals surface area contributed by atoms with Crippen LogP contribution in [0.2, 0.25) is 0 Å². The molecule has 2 aromatic rings. The highest BCUT2D eigenvalue weighted by Crippen LogP contribution is 2.25. The number of nitrogens with zero attached hydrogens (tertiary/aromatic N) is 3. The summed E-state index contributed by atoms with van der Waals surface area (Å²) in [6.07, 6.45) is 0.927. The fraction of sp³-hybridized carbons (Fsp3) is 0.412. The number of carbonyl (C=O) groups is 1. The van der Waals surface area contributed by atoms with Crippen molar-refractivity contribution in [3.63, 3.8) is 0 Å². The zero-order valence-electron chi connectivity index (χ0n) is 12.7. The molecular weight excluding hydrogens is 262 g/mol. The van der Waals surface area contributed by atoms with Gasteiger partial charge in [0.15, 0.2) is 6.29 Å². The molecule has 4 heteroatoms. The number of benzene rings is 1. The number of pyridine rings is 1. The first kappa shape index (κ1) is 14.0. The van der Waals surface area contributed by atoms with E-state index in [1.54, 1.807) is 0 Å². The molecule has 0 unspecified atom stereocenters. The van der Waals surface area contributed by atoms with Crippen molar-refractivity contribution < 1.29 is 4.79 Å². The number of likely N-dealkylation sites (N-methyl/N-ethyl adjacent to an activating group) is 1. The number of rotatable bonds is 3. The van der Waals surface area contributed by atoms with E-state index < -0.39 is 0 Å². The Kier molecular flexibility index (Phi) is 3.88. The molecule has 0 atom stereocenters. The van der Waals surface area contributed by atoms with E-state index in [0.717, 1.165) is 61.3 Å². The summed E-state index contributed by atoms with van der Waals surface area (Å²) >= 11 is 0. The number of carbonyl (C=O) groups excluding carboxylic acids is 1. The number of piperazine rings is 1. The van der Waals surface area contributed by atoms with Crippen molar-refractivity contribution in [2.75, 3.05) is 37.6 Å². The second-order valence-corrected chi connectivity index (χ2v) is 5.59. The van der Waals surface area contributed by atoms with Crippen LogP contribution in [0, 0.1) is 6.92 Å². The number of hydrogen-bond acceptors (Lipinski definition) is 4. The van der Waals surface area contributed by atoms with Crippen molar-refractivity contribution in [1.82, 2.24) is 9.88 Å². The SMILES string of the molecule is CCN1CCN(c2nc3c(C)cccc3cc2C=O)CC1. The molecule has 0 amide bonds. The highest BCUT2D eigenvalue weighted by molar-refractivity contribution is 5.93. The monoisotopic (exact) mass is 283 g/mol. The lowest BCUT2D eigenvalue weighted by atomic mass is 10.1. The van der Waals surface area contributed by atoms with Crippen LogP contribution in [0.15, 0.2) is 24.3 Å². The van der Waals surface area contributed by atoms with E-state index >= 15 is 0 Å². The van der Waals surface area contributed by atoms with Crippen molar-refractivity contribution in [1.29, 1.82) is 0 Å². The summed E-state index contributed by atoms with van der Waals surface area (Å²) in [6, 6.07) is 8.05. The van der Waals surface area contributed by atoms with Gasteiger partial charge in [-0.15, -0.1) is 0 Å². The summed E-state index contributed by atoms with van der Waals surface area (Å²) < 4.78 is 0.